The van der Waals surface area contributed by atoms with Crippen molar-refractivity contribution in [2.75, 3.05) is 48.8 Å². The molecule has 0 aliphatic carbocycles. The largest absolute Gasteiger partial charge is 0.495 e. The van der Waals surface area contributed by atoms with Gasteiger partial charge in [-0.2, -0.15) is 0 Å². The number of ether oxygens (including phenoxy) is 2. The quantitative estimate of drug-likeness (QED) is 0.751. The summed E-state index contributed by atoms with van der Waals surface area (Å²) in [6.07, 6.45) is 1.29. The number of morpholine rings is 1. The zero-order valence-corrected chi connectivity index (χ0v) is 16.4. The molecule has 0 aromatic heterocycles. The smallest absolute Gasteiger partial charge is 0.232 e. The molecule has 0 bridgehead atoms. The Morgan fingerprint density at radius 1 is 1.11 bits per heavy atom. The molecular weight excluding hydrogens is 364 g/mol. The van der Waals surface area contributed by atoms with Crippen LogP contribution < -0.4 is 14.4 Å². The van der Waals surface area contributed by atoms with Crippen LogP contribution in [0.2, 0.25) is 0 Å². The lowest BCUT2D eigenvalue weighted by molar-refractivity contribution is 0.122. The zero-order chi connectivity index (χ0) is 19.1. The number of methoxy groups -OCH3 is 1. The number of rotatable bonds is 8. The molecule has 1 aliphatic heterocycles. The number of nitrogens with one attached hydrogen (secondary N) is 1. The fourth-order valence-electron chi connectivity index (χ4n) is 3.12. The van der Waals surface area contributed by atoms with Gasteiger partial charge < -0.3 is 14.4 Å². The minimum absolute atomic E-state index is 0.0623. The van der Waals surface area contributed by atoms with Crippen molar-refractivity contribution < 1.29 is 17.9 Å². The molecule has 0 atom stereocenters. The zero-order valence-electron chi connectivity index (χ0n) is 15.6. The number of sulfonamides is 1. The van der Waals surface area contributed by atoms with E-state index >= 15 is 0 Å². The molecular formula is C20H26N2O4S. The fourth-order valence-corrected chi connectivity index (χ4v) is 4.24. The van der Waals surface area contributed by atoms with Crippen molar-refractivity contribution in [1.29, 1.82) is 0 Å². The molecule has 0 spiro atoms. The molecule has 0 saturated carbocycles. The van der Waals surface area contributed by atoms with E-state index in [9.17, 15) is 8.42 Å². The van der Waals surface area contributed by atoms with Crippen LogP contribution in [-0.4, -0.2) is 47.6 Å². The van der Waals surface area contributed by atoms with Gasteiger partial charge in [0.25, 0.3) is 0 Å². The lowest BCUT2D eigenvalue weighted by Crippen LogP contribution is -2.36. The third-order valence-electron chi connectivity index (χ3n) is 4.55. The number of hydrogen-bond donors (Lipinski definition) is 1. The van der Waals surface area contributed by atoms with Gasteiger partial charge in [-0.25, -0.2) is 8.42 Å². The van der Waals surface area contributed by atoms with E-state index < -0.39 is 10.0 Å². The summed E-state index contributed by atoms with van der Waals surface area (Å²) in [5, 5.41) is 0. The summed E-state index contributed by atoms with van der Waals surface area (Å²) in [6.45, 7) is 2.92. The van der Waals surface area contributed by atoms with Crippen molar-refractivity contribution in [2.45, 2.75) is 12.8 Å². The average Bonchev–Trinajstić information content (AvgIpc) is 2.69. The Kier molecular flexibility index (Phi) is 6.58. The van der Waals surface area contributed by atoms with Crippen molar-refractivity contribution in [3.63, 3.8) is 0 Å². The molecule has 0 amide bonds. The maximum Gasteiger partial charge on any atom is 0.232 e. The second kappa shape index (κ2) is 9.10. The third-order valence-corrected chi connectivity index (χ3v) is 5.90. The summed E-state index contributed by atoms with van der Waals surface area (Å²) in [7, 11) is -1.92. The topological polar surface area (TPSA) is 67.9 Å². The predicted octanol–water partition coefficient (Wildman–Crippen LogP) is 2.91. The van der Waals surface area contributed by atoms with Crippen molar-refractivity contribution >= 4 is 21.4 Å². The minimum Gasteiger partial charge on any atom is -0.495 e. The Bertz CT molecular complexity index is 834. The van der Waals surface area contributed by atoms with Gasteiger partial charge in [-0.3, -0.25) is 4.72 Å². The molecule has 0 unspecified atom stereocenters. The standard InChI is InChI=1S/C20H26N2O4S/c1-25-20-10-9-18(22-11-13-26-14-12-22)16-19(20)21-27(23,24)15-5-8-17-6-3-2-4-7-17/h2-4,6-7,9-10,16,21H,5,8,11-15H2,1H3. The second-order valence-corrected chi connectivity index (χ2v) is 8.34. The monoisotopic (exact) mass is 390 g/mol. The molecule has 7 heteroatoms. The van der Waals surface area contributed by atoms with Crippen LogP contribution in [0, 0.1) is 0 Å². The molecule has 2 aromatic rings. The van der Waals surface area contributed by atoms with Crippen molar-refractivity contribution in [1.82, 2.24) is 0 Å². The van der Waals surface area contributed by atoms with Crippen LogP contribution in [-0.2, 0) is 21.2 Å². The van der Waals surface area contributed by atoms with Gasteiger partial charge in [0.05, 0.1) is 31.8 Å². The predicted molar refractivity (Wildman–Crippen MR) is 108 cm³/mol. The molecule has 3 rings (SSSR count). The molecule has 1 saturated heterocycles. The first-order chi connectivity index (χ1) is 13.1. The SMILES string of the molecule is COc1ccc(N2CCOCC2)cc1NS(=O)(=O)CCCc1ccccc1. The maximum atomic E-state index is 12.5. The Labute approximate surface area is 161 Å². The third kappa shape index (κ3) is 5.61. The van der Waals surface area contributed by atoms with Gasteiger partial charge in [-0.15, -0.1) is 0 Å². The lowest BCUT2D eigenvalue weighted by Gasteiger charge is -2.29. The molecule has 0 radical (unpaired) electrons. The van der Waals surface area contributed by atoms with Gasteiger partial charge in [-0.05, 0) is 36.6 Å². The normalized spacial score (nSPS) is 14.8. The summed E-state index contributed by atoms with van der Waals surface area (Å²) in [5.41, 5.74) is 2.57. The second-order valence-electron chi connectivity index (χ2n) is 6.49. The van der Waals surface area contributed by atoms with Gasteiger partial charge >= 0.3 is 0 Å². The highest BCUT2D eigenvalue weighted by Gasteiger charge is 2.17. The number of benzene rings is 2. The van der Waals surface area contributed by atoms with Crippen LogP contribution in [0.3, 0.4) is 0 Å². The molecule has 1 fully saturated rings. The van der Waals surface area contributed by atoms with Crippen molar-refractivity contribution in [3.05, 3.63) is 54.1 Å². The van der Waals surface area contributed by atoms with Crippen LogP contribution in [0.1, 0.15) is 12.0 Å². The van der Waals surface area contributed by atoms with E-state index in [0.29, 0.717) is 31.1 Å². The molecule has 1 aliphatic rings. The van der Waals surface area contributed by atoms with Crippen LogP contribution in [0.4, 0.5) is 11.4 Å². The highest BCUT2D eigenvalue weighted by molar-refractivity contribution is 7.92. The first-order valence-electron chi connectivity index (χ1n) is 9.12. The Morgan fingerprint density at radius 3 is 2.56 bits per heavy atom. The summed E-state index contributed by atoms with van der Waals surface area (Å²) >= 11 is 0. The number of aryl methyl sites for hydroxylation is 1. The van der Waals surface area contributed by atoms with Crippen LogP contribution in [0.15, 0.2) is 48.5 Å². The molecule has 6 nitrogen and oxygen atoms in total. The van der Waals surface area contributed by atoms with E-state index in [1.54, 1.807) is 6.07 Å². The van der Waals surface area contributed by atoms with Gasteiger partial charge in [0.2, 0.25) is 10.0 Å². The van der Waals surface area contributed by atoms with Crippen LogP contribution >= 0.6 is 0 Å². The van der Waals surface area contributed by atoms with Crippen LogP contribution in [0.5, 0.6) is 5.75 Å². The molecule has 1 heterocycles. The van der Waals surface area contributed by atoms with Crippen LogP contribution in [0.25, 0.3) is 0 Å². The van der Waals surface area contributed by atoms with Gasteiger partial charge in [-0.1, -0.05) is 30.3 Å². The van der Waals surface area contributed by atoms with E-state index in [-0.39, 0.29) is 5.75 Å². The van der Waals surface area contributed by atoms with E-state index in [2.05, 4.69) is 9.62 Å². The van der Waals surface area contributed by atoms with Gasteiger partial charge in [0.1, 0.15) is 5.75 Å². The number of hydrogen-bond acceptors (Lipinski definition) is 5. The summed E-state index contributed by atoms with van der Waals surface area (Å²) in [6, 6.07) is 15.5. The maximum absolute atomic E-state index is 12.5. The van der Waals surface area contributed by atoms with E-state index in [1.807, 2.05) is 42.5 Å². The lowest BCUT2D eigenvalue weighted by atomic mass is 10.1. The minimum atomic E-state index is -3.46. The van der Waals surface area contributed by atoms with E-state index in [4.69, 9.17) is 9.47 Å². The average molecular weight is 391 g/mol. The Hall–Kier alpha value is -2.25. The van der Waals surface area contributed by atoms with Crippen molar-refractivity contribution in [3.8, 4) is 5.75 Å². The van der Waals surface area contributed by atoms with E-state index in [1.165, 1.54) is 7.11 Å². The Balaban J connectivity index is 1.66. The first-order valence-corrected chi connectivity index (χ1v) is 10.8. The highest BCUT2D eigenvalue weighted by atomic mass is 32.2. The molecule has 1 N–H and O–H groups in total. The Morgan fingerprint density at radius 2 is 1.85 bits per heavy atom. The molecule has 27 heavy (non-hydrogen) atoms. The summed E-state index contributed by atoms with van der Waals surface area (Å²) < 4.78 is 38.5. The summed E-state index contributed by atoms with van der Waals surface area (Å²) in [5.74, 6) is 0.575. The highest BCUT2D eigenvalue weighted by Crippen LogP contribution is 2.31. The molecule has 146 valence electrons. The number of anilines is 2. The first kappa shape index (κ1) is 19.5. The molecule has 2 aromatic carbocycles. The van der Waals surface area contributed by atoms with Gasteiger partial charge in [0.15, 0.2) is 0 Å². The van der Waals surface area contributed by atoms with E-state index in [0.717, 1.165) is 30.8 Å². The fraction of sp³-hybridized carbons (Fsp3) is 0.400. The van der Waals surface area contributed by atoms with Gasteiger partial charge in [0, 0.05) is 18.8 Å². The van der Waals surface area contributed by atoms with Crippen molar-refractivity contribution in [2.24, 2.45) is 0 Å². The summed E-state index contributed by atoms with van der Waals surface area (Å²) in [4.78, 5) is 2.18. The number of nitrogens with zero attached hydrogens (tertiary/aromatic N) is 1.